The number of carbonyl (C=O) groups is 1. The van der Waals surface area contributed by atoms with Crippen molar-refractivity contribution in [1.29, 1.82) is 0 Å². The third-order valence-electron chi connectivity index (χ3n) is 5.40. The highest BCUT2D eigenvalue weighted by Gasteiger charge is 2.31. The van der Waals surface area contributed by atoms with Gasteiger partial charge in [-0.2, -0.15) is 18.2 Å². The molecule has 1 aromatic carbocycles. The Morgan fingerprint density at radius 3 is 2.61 bits per heavy atom. The van der Waals surface area contributed by atoms with Crippen molar-refractivity contribution in [3.05, 3.63) is 47.1 Å². The van der Waals surface area contributed by atoms with Gasteiger partial charge in [-0.3, -0.25) is 4.79 Å². The Balaban J connectivity index is 1.32. The van der Waals surface area contributed by atoms with Gasteiger partial charge in [-0.15, -0.1) is 0 Å². The molecule has 2 aliphatic rings. The van der Waals surface area contributed by atoms with Crippen molar-refractivity contribution in [2.24, 2.45) is 5.92 Å². The van der Waals surface area contributed by atoms with E-state index in [2.05, 4.69) is 10.1 Å². The van der Waals surface area contributed by atoms with Crippen LogP contribution >= 0.6 is 0 Å². The molecule has 1 aromatic heterocycles. The van der Waals surface area contributed by atoms with Crippen molar-refractivity contribution in [3.63, 3.8) is 0 Å². The fourth-order valence-electron chi connectivity index (χ4n) is 3.66. The smallest absolute Gasteiger partial charge is 0.342 e. The summed E-state index contributed by atoms with van der Waals surface area (Å²) in [7, 11) is 0. The van der Waals surface area contributed by atoms with Crippen LogP contribution in [0.25, 0.3) is 0 Å². The molecule has 0 N–H and O–H groups in total. The Hall–Kier alpha value is -2.38. The highest BCUT2D eigenvalue weighted by Crippen LogP contribution is 2.38. The van der Waals surface area contributed by atoms with Crippen LogP contribution in [0.4, 0.5) is 13.2 Å². The second-order valence-electron chi connectivity index (χ2n) is 7.74. The molecule has 1 unspecified atom stereocenters. The number of amides is 1. The highest BCUT2D eigenvalue weighted by atomic mass is 19.4. The topological polar surface area (TPSA) is 59.2 Å². The number of rotatable bonds is 5. The molecule has 0 bridgehead atoms. The SMILES string of the molecule is O=C(Cc1ccc(C(F)(F)F)cc1)N1CCCC(Cc2nc(C3CC3)no2)C1. The molecule has 0 radical (unpaired) electrons. The van der Waals surface area contributed by atoms with Crippen molar-refractivity contribution in [1.82, 2.24) is 15.0 Å². The Bertz CT molecular complexity index is 828. The molecule has 8 heteroatoms. The molecule has 1 aliphatic heterocycles. The molecule has 2 aromatic rings. The number of hydrogen-bond donors (Lipinski definition) is 0. The third-order valence-corrected chi connectivity index (χ3v) is 5.40. The first-order valence-electron chi connectivity index (χ1n) is 9.65. The third kappa shape index (κ3) is 4.54. The van der Waals surface area contributed by atoms with Crippen LogP contribution in [0, 0.1) is 5.92 Å². The molecular formula is C20H22F3N3O2. The molecule has 0 spiro atoms. The predicted octanol–water partition coefficient (Wildman–Crippen LogP) is 3.99. The monoisotopic (exact) mass is 393 g/mol. The van der Waals surface area contributed by atoms with Crippen molar-refractivity contribution in [2.75, 3.05) is 13.1 Å². The Labute approximate surface area is 160 Å². The summed E-state index contributed by atoms with van der Waals surface area (Å²) in [6.07, 6.45) is 0.527. The average Bonchev–Trinajstić information content (AvgIpc) is 3.41. The largest absolute Gasteiger partial charge is 0.416 e. The summed E-state index contributed by atoms with van der Waals surface area (Å²) in [4.78, 5) is 18.9. The van der Waals surface area contributed by atoms with Crippen molar-refractivity contribution in [3.8, 4) is 0 Å². The number of likely N-dealkylation sites (tertiary alicyclic amines) is 1. The van der Waals surface area contributed by atoms with Crippen LogP contribution in [0.2, 0.25) is 0 Å². The molecule has 1 atom stereocenters. The van der Waals surface area contributed by atoms with Gasteiger partial charge in [-0.05, 0) is 49.3 Å². The maximum Gasteiger partial charge on any atom is 0.416 e. The average molecular weight is 393 g/mol. The number of aromatic nitrogens is 2. The van der Waals surface area contributed by atoms with Crippen LogP contribution in [0.1, 0.15) is 54.4 Å². The van der Waals surface area contributed by atoms with Gasteiger partial charge in [0.1, 0.15) is 0 Å². The molecule has 150 valence electrons. The second kappa shape index (κ2) is 7.56. The number of carbonyl (C=O) groups excluding carboxylic acids is 1. The molecule has 5 nitrogen and oxygen atoms in total. The lowest BCUT2D eigenvalue weighted by Crippen LogP contribution is -2.41. The van der Waals surface area contributed by atoms with Gasteiger partial charge in [0.25, 0.3) is 0 Å². The van der Waals surface area contributed by atoms with Gasteiger partial charge in [0.05, 0.1) is 12.0 Å². The molecule has 1 amide bonds. The molecule has 1 aliphatic carbocycles. The zero-order valence-electron chi connectivity index (χ0n) is 15.4. The molecule has 4 rings (SSSR count). The van der Waals surface area contributed by atoms with Crippen LogP contribution in [0.3, 0.4) is 0 Å². The van der Waals surface area contributed by atoms with Gasteiger partial charge in [-0.1, -0.05) is 17.3 Å². The van der Waals surface area contributed by atoms with Gasteiger partial charge in [0, 0.05) is 25.4 Å². The summed E-state index contributed by atoms with van der Waals surface area (Å²) in [6, 6.07) is 4.79. The highest BCUT2D eigenvalue weighted by molar-refractivity contribution is 5.78. The number of hydrogen-bond acceptors (Lipinski definition) is 4. The lowest BCUT2D eigenvalue weighted by atomic mass is 9.94. The summed E-state index contributed by atoms with van der Waals surface area (Å²) in [5.74, 6) is 2.07. The van der Waals surface area contributed by atoms with E-state index in [0.29, 0.717) is 36.9 Å². The molecule has 2 heterocycles. The minimum atomic E-state index is -4.36. The van der Waals surface area contributed by atoms with Crippen molar-refractivity contribution < 1.29 is 22.5 Å². The first kappa shape index (κ1) is 19.0. The second-order valence-corrected chi connectivity index (χ2v) is 7.74. The standard InChI is InChI=1S/C20H22F3N3O2/c21-20(22,23)16-7-3-13(4-8-16)11-18(27)26-9-1-2-14(12-26)10-17-24-19(25-28-17)15-5-6-15/h3-4,7-8,14-15H,1-2,5-6,9-12H2. The molecule has 28 heavy (non-hydrogen) atoms. The van der Waals surface area contributed by atoms with Gasteiger partial charge in [-0.25, -0.2) is 0 Å². The van der Waals surface area contributed by atoms with Crippen LogP contribution in [0.5, 0.6) is 0 Å². The fraction of sp³-hybridized carbons (Fsp3) is 0.550. The minimum Gasteiger partial charge on any atom is -0.342 e. The number of alkyl halides is 3. The van der Waals surface area contributed by atoms with Crippen LogP contribution < -0.4 is 0 Å². The Morgan fingerprint density at radius 2 is 1.93 bits per heavy atom. The van der Waals surface area contributed by atoms with E-state index in [1.54, 1.807) is 4.90 Å². The Morgan fingerprint density at radius 1 is 1.18 bits per heavy atom. The van der Waals surface area contributed by atoms with E-state index < -0.39 is 11.7 Å². The zero-order chi connectivity index (χ0) is 19.7. The van der Waals surface area contributed by atoms with Gasteiger partial charge in [0.2, 0.25) is 11.8 Å². The van der Waals surface area contributed by atoms with Crippen LogP contribution in [-0.2, 0) is 23.8 Å². The van der Waals surface area contributed by atoms with Crippen LogP contribution in [0.15, 0.2) is 28.8 Å². The number of benzene rings is 1. The summed E-state index contributed by atoms with van der Waals surface area (Å²) in [6.45, 7) is 1.29. The maximum absolute atomic E-state index is 12.7. The van der Waals surface area contributed by atoms with Gasteiger partial charge < -0.3 is 9.42 Å². The Kier molecular flexibility index (Phi) is 5.12. The van der Waals surface area contributed by atoms with Crippen LogP contribution in [-0.4, -0.2) is 34.0 Å². The quantitative estimate of drug-likeness (QED) is 0.771. The van der Waals surface area contributed by atoms with E-state index in [1.807, 2.05) is 0 Å². The van der Waals surface area contributed by atoms with E-state index in [4.69, 9.17) is 4.52 Å². The fourth-order valence-corrected chi connectivity index (χ4v) is 3.66. The maximum atomic E-state index is 12.7. The lowest BCUT2D eigenvalue weighted by molar-refractivity contribution is -0.137. The number of halogens is 3. The molecule has 1 saturated heterocycles. The minimum absolute atomic E-state index is 0.0614. The molecule has 1 saturated carbocycles. The molecule has 2 fully saturated rings. The summed E-state index contributed by atoms with van der Waals surface area (Å²) in [5.41, 5.74) is -0.113. The van der Waals surface area contributed by atoms with Crippen molar-refractivity contribution >= 4 is 5.91 Å². The first-order valence-corrected chi connectivity index (χ1v) is 9.65. The van der Waals surface area contributed by atoms with Gasteiger partial charge in [0.15, 0.2) is 5.82 Å². The molecular weight excluding hydrogens is 371 g/mol. The van der Waals surface area contributed by atoms with Crippen molar-refractivity contribution in [2.45, 2.75) is 50.6 Å². The van der Waals surface area contributed by atoms with E-state index in [9.17, 15) is 18.0 Å². The first-order chi connectivity index (χ1) is 13.4. The van der Waals surface area contributed by atoms with Gasteiger partial charge >= 0.3 is 6.18 Å². The summed E-state index contributed by atoms with van der Waals surface area (Å²) in [5, 5.41) is 4.03. The van der Waals surface area contributed by atoms with E-state index in [-0.39, 0.29) is 18.2 Å². The zero-order valence-corrected chi connectivity index (χ0v) is 15.4. The van der Waals surface area contributed by atoms with E-state index >= 15 is 0 Å². The van der Waals surface area contributed by atoms with E-state index in [1.165, 1.54) is 12.1 Å². The summed E-state index contributed by atoms with van der Waals surface area (Å²) >= 11 is 0. The normalized spacial score (nSPS) is 20.4. The van der Waals surface area contributed by atoms with E-state index in [0.717, 1.165) is 43.6 Å². The number of nitrogens with zero attached hydrogens (tertiary/aromatic N) is 3. The predicted molar refractivity (Wildman–Crippen MR) is 94.4 cm³/mol. The summed E-state index contributed by atoms with van der Waals surface area (Å²) < 4.78 is 43.3. The lowest BCUT2D eigenvalue weighted by Gasteiger charge is -2.32. The number of piperidine rings is 1.